The zero-order valence-electron chi connectivity index (χ0n) is 10.9. The van der Waals surface area contributed by atoms with Gasteiger partial charge in [0.1, 0.15) is 17.3 Å². The summed E-state index contributed by atoms with van der Waals surface area (Å²) in [5.74, 6) is 1.17. The molecular formula is C13H20ClN3O. The van der Waals surface area contributed by atoms with Crippen LogP contribution in [-0.2, 0) is 0 Å². The van der Waals surface area contributed by atoms with Crippen LogP contribution in [0.15, 0.2) is 6.33 Å². The van der Waals surface area contributed by atoms with Crippen molar-refractivity contribution >= 4 is 17.4 Å². The van der Waals surface area contributed by atoms with Crippen LogP contribution in [0.5, 0.6) is 0 Å². The number of hydrogen-bond donors (Lipinski definition) is 1. The lowest BCUT2D eigenvalue weighted by Gasteiger charge is -2.39. The number of anilines is 1. The lowest BCUT2D eigenvalue weighted by Crippen LogP contribution is -2.43. The van der Waals surface area contributed by atoms with Gasteiger partial charge in [-0.2, -0.15) is 0 Å². The molecule has 18 heavy (non-hydrogen) atoms. The largest absolute Gasteiger partial charge is 0.395 e. The summed E-state index contributed by atoms with van der Waals surface area (Å²) in [5.41, 5.74) is 0.986. The Morgan fingerprint density at radius 2 is 2.17 bits per heavy atom. The quantitative estimate of drug-likeness (QED) is 0.835. The van der Waals surface area contributed by atoms with E-state index in [1.165, 1.54) is 25.6 Å². The van der Waals surface area contributed by atoms with E-state index in [1.807, 2.05) is 0 Å². The van der Waals surface area contributed by atoms with Gasteiger partial charge in [-0.05, 0) is 25.2 Å². The monoisotopic (exact) mass is 269 g/mol. The molecule has 1 heterocycles. The average Bonchev–Trinajstić information content (AvgIpc) is 2.25. The van der Waals surface area contributed by atoms with Crippen LogP contribution in [0.25, 0.3) is 0 Å². The smallest absolute Gasteiger partial charge is 0.138 e. The zero-order chi connectivity index (χ0) is 13.1. The maximum absolute atomic E-state index is 9.25. The number of aromatic nitrogens is 2. The topological polar surface area (TPSA) is 49.2 Å². The Morgan fingerprint density at radius 3 is 2.67 bits per heavy atom. The summed E-state index contributed by atoms with van der Waals surface area (Å²) in [6.07, 6.45) is 5.09. The molecule has 1 aromatic heterocycles. The molecule has 0 amide bonds. The van der Waals surface area contributed by atoms with Crippen LogP contribution in [-0.4, -0.2) is 34.3 Å². The van der Waals surface area contributed by atoms with E-state index in [1.54, 1.807) is 0 Å². The molecule has 1 N–H and O–H groups in total. The minimum atomic E-state index is 0.135. The number of halogens is 1. The van der Waals surface area contributed by atoms with Gasteiger partial charge in [-0.15, -0.1) is 0 Å². The van der Waals surface area contributed by atoms with Gasteiger partial charge < -0.3 is 10.0 Å². The molecule has 0 radical (unpaired) electrons. The first-order chi connectivity index (χ1) is 8.65. The third kappa shape index (κ3) is 2.59. The normalized spacial score (nSPS) is 15.8. The van der Waals surface area contributed by atoms with Crippen molar-refractivity contribution in [3.05, 3.63) is 17.0 Å². The van der Waals surface area contributed by atoms with Crippen molar-refractivity contribution in [1.82, 2.24) is 9.97 Å². The van der Waals surface area contributed by atoms with Gasteiger partial charge in [-0.25, -0.2) is 9.97 Å². The van der Waals surface area contributed by atoms with Crippen LogP contribution in [0, 0.1) is 0 Å². The van der Waals surface area contributed by atoms with E-state index < -0.39 is 0 Å². The molecule has 1 saturated carbocycles. The third-order valence-corrected chi connectivity index (χ3v) is 3.82. The van der Waals surface area contributed by atoms with Crippen LogP contribution < -0.4 is 4.90 Å². The minimum Gasteiger partial charge on any atom is -0.395 e. The molecule has 1 aliphatic carbocycles. The second-order valence-corrected chi connectivity index (χ2v) is 5.42. The van der Waals surface area contributed by atoms with Crippen LogP contribution in [0.4, 0.5) is 5.82 Å². The van der Waals surface area contributed by atoms with Crippen molar-refractivity contribution in [3.8, 4) is 0 Å². The molecule has 0 spiro atoms. The summed E-state index contributed by atoms with van der Waals surface area (Å²) in [6, 6.07) is 0.487. The summed E-state index contributed by atoms with van der Waals surface area (Å²) in [4.78, 5) is 10.7. The van der Waals surface area contributed by atoms with E-state index in [0.29, 0.717) is 17.7 Å². The van der Waals surface area contributed by atoms with Crippen molar-refractivity contribution < 1.29 is 5.11 Å². The number of hydrogen-bond acceptors (Lipinski definition) is 4. The average molecular weight is 270 g/mol. The van der Waals surface area contributed by atoms with E-state index in [-0.39, 0.29) is 12.5 Å². The Morgan fingerprint density at radius 1 is 1.44 bits per heavy atom. The van der Waals surface area contributed by atoms with Crippen molar-refractivity contribution in [2.24, 2.45) is 0 Å². The minimum absolute atomic E-state index is 0.135. The Bertz CT molecular complexity index is 407. The van der Waals surface area contributed by atoms with Gasteiger partial charge in [0.25, 0.3) is 0 Å². The number of aliphatic hydroxyl groups is 1. The number of aliphatic hydroxyl groups excluding tert-OH is 1. The van der Waals surface area contributed by atoms with Crippen molar-refractivity contribution in [1.29, 1.82) is 0 Å². The molecule has 1 fully saturated rings. The van der Waals surface area contributed by atoms with Gasteiger partial charge in [0.05, 0.1) is 6.61 Å². The van der Waals surface area contributed by atoms with E-state index in [9.17, 15) is 5.11 Å². The standard InChI is InChI=1S/C13H20ClN3O/c1-9(2)11-12(14)15-8-16-13(11)17(6-7-18)10-4-3-5-10/h8-10,18H,3-7H2,1-2H3. The highest BCUT2D eigenvalue weighted by molar-refractivity contribution is 6.30. The molecule has 4 nitrogen and oxygen atoms in total. The van der Waals surface area contributed by atoms with Crippen LogP contribution in [0.2, 0.25) is 5.15 Å². The van der Waals surface area contributed by atoms with Crippen LogP contribution in [0.1, 0.15) is 44.6 Å². The van der Waals surface area contributed by atoms with Crippen LogP contribution in [0.3, 0.4) is 0 Å². The Kier molecular flexibility index (Phi) is 4.40. The fraction of sp³-hybridized carbons (Fsp3) is 0.692. The SMILES string of the molecule is CC(C)c1c(Cl)ncnc1N(CCO)C1CCC1. The van der Waals surface area contributed by atoms with Crippen LogP contribution >= 0.6 is 11.6 Å². The third-order valence-electron chi connectivity index (χ3n) is 3.52. The lowest BCUT2D eigenvalue weighted by molar-refractivity contribution is 0.282. The number of nitrogens with zero attached hydrogens (tertiary/aromatic N) is 3. The Labute approximate surface area is 113 Å². The van der Waals surface area contributed by atoms with Gasteiger partial charge in [0.15, 0.2) is 0 Å². The molecule has 0 unspecified atom stereocenters. The van der Waals surface area contributed by atoms with Crippen molar-refractivity contribution in [3.63, 3.8) is 0 Å². The predicted molar refractivity (Wildman–Crippen MR) is 73.2 cm³/mol. The van der Waals surface area contributed by atoms with Gasteiger partial charge in [-0.1, -0.05) is 25.4 Å². The molecule has 100 valence electrons. The first-order valence-electron chi connectivity index (χ1n) is 6.53. The van der Waals surface area contributed by atoms with Gasteiger partial charge in [0.2, 0.25) is 0 Å². The molecule has 0 aromatic carbocycles. The zero-order valence-corrected chi connectivity index (χ0v) is 11.7. The summed E-state index contributed by atoms with van der Waals surface area (Å²) < 4.78 is 0. The highest BCUT2D eigenvalue weighted by atomic mass is 35.5. The fourth-order valence-corrected chi connectivity index (χ4v) is 2.70. The maximum atomic E-state index is 9.25. The van der Waals surface area contributed by atoms with E-state index in [0.717, 1.165) is 11.4 Å². The molecular weight excluding hydrogens is 250 g/mol. The summed E-state index contributed by atoms with van der Waals surface area (Å²) >= 11 is 6.19. The molecule has 2 rings (SSSR count). The van der Waals surface area contributed by atoms with E-state index >= 15 is 0 Å². The summed E-state index contributed by atoms with van der Waals surface area (Å²) in [6.45, 7) is 4.92. The van der Waals surface area contributed by atoms with E-state index in [4.69, 9.17) is 11.6 Å². The molecule has 1 aliphatic rings. The van der Waals surface area contributed by atoms with E-state index in [2.05, 4.69) is 28.7 Å². The Hall–Kier alpha value is -0.870. The first-order valence-corrected chi connectivity index (χ1v) is 6.90. The van der Waals surface area contributed by atoms with Gasteiger partial charge in [0, 0.05) is 18.2 Å². The van der Waals surface area contributed by atoms with Crippen molar-refractivity contribution in [2.75, 3.05) is 18.1 Å². The predicted octanol–water partition coefficient (Wildman–Crippen LogP) is 2.60. The molecule has 5 heteroatoms. The first kappa shape index (κ1) is 13.6. The van der Waals surface area contributed by atoms with Gasteiger partial charge in [-0.3, -0.25) is 0 Å². The maximum Gasteiger partial charge on any atom is 0.138 e. The molecule has 0 aliphatic heterocycles. The number of rotatable bonds is 5. The second kappa shape index (κ2) is 5.85. The summed E-state index contributed by atoms with van der Waals surface area (Å²) in [5, 5.41) is 9.77. The highest BCUT2D eigenvalue weighted by Crippen LogP contribution is 2.35. The highest BCUT2D eigenvalue weighted by Gasteiger charge is 2.28. The molecule has 1 aromatic rings. The molecule has 0 saturated heterocycles. The fourth-order valence-electron chi connectivity index (χ4n) is 2.36. The van der Waals surface area contributed by atoms with Crippen molar-refractivity contribution in [2.45, 2.75) is 45.1 Å². The molecule has 0 atom stereocenters. The lowest BCUT2D eigenvalue weighted by atomic mass is 9.90. The molecule has 0 bridgehead atoms. The van der Waals surface area contributed by atoms with Gasteiger partial charge >= 0.3 is 0 Å². The Balaban J connectivity index is 2.36. The second-order valence-electron chi connectivity index (χ2n) is 5.06. The summed E-state index contributed by atoms with van der Waals surface area (Å²) in [7, 11) is 0.